The van der Waals surface area contributed by atoms with Crippen molar-refractivity contribution in [2.24, 2.45) is 0 Å². The minimum absolute atomic E-state index is 0.926. The van der Waals surface area contributed by atoms with Crippen LogP contribution in [-0.2, 0) is 0 Å². The summed E-state index contributed by atoms with van der Waals surface area (Å²) in [4.78, 5) is 4.44. The van der Waals surface area contributed by atoms with Crippen LogP contribution < -0.4 is 9.80 Å². The molecule has 1 aliphatic heterocycles. The van der Waals surface area contributed by atoms with Gasteiger partial charge in [-0.3, -0.25) is 9.80 Å². The van der Waals surface area contributed by atoms with Gasteiger partial charge in [-0.25, -0.2) is 0 Å². The molecule has 0 spiro atoms. The standard InChI is InChI=1S/C7H12N2S2/c1-8-4-3-5-9(2)7(11)6(8)10/h3-5H2,1-2H3/p+2. The third-order valence-electron chi connectivity index (χ3n) is 2.09. The van der Waals surface area contributed by atoms with E-state index in [2.05, 4.69) is 14.1 Å². The largest absolute Gasteiger partial charge is 0.289 e. The van der Waals surface area contributed by atoms with E-state index in [1.54, 1.807) is 0 Å². The molecule has 0 aromatic heterocycles. The first-order valence-corrected chi connectivity index (χ1v) is 4.68. The van der Waals surface area contributed by atoms with E-state index in [9.17, 15) is 0 Å². The Kier molecular flexibility index (Phi) is 3.06. The first-order valence-electron chi connectivity index (χ1n) is 3.87. The van der Waals surface area contributed by atoms with Crippen molar-refractivity contribution in [2.45, 2.75) is 6.42 Å². The van der Waals surface area contributed by atoms with Crippen molar-refractivity contribution in [3.05, 3.63) is 0 Å². The summed E-state index contributed by atoms with van der Waals surface area (Å²) in [5, 5.41) is 0. The van der Waals surface area contributed by atoms with Crippen molar-refractivity contribution in [1.82, 2.24) is 0 Å². The highest BCUT2D eigenvalue weighted by atomic mass is 32.1. The average molecular weight is 190 g/mol. The van der Waals surface area contributed by atoms with Gasteiger partial charge >= 0.3 is 0 Å². The molecule has 0 radical (unpaired) electrons. The molecule has 0 bridgehead atoms. The number of likely N-dealkylation sites (N-methyl/N-ethyl adjacent to an activating group) is 2. The fourth-order valence-electron chi connectivity index (χ4n) is 1.23. The Labute approximate surface area is 78.2 Å². The van der Waals surface area contributed by atoms with Crippen LogP contribution in [0.4, 0.5) is 0 Å². The molecule has 0 aliphatic carbocycles. The summed E-state index contributed by atoms with van der Waals surface area (Å²) in [6, 6.07) is 0. The molecule has 1 saturated heterocycles. The van der Waals surface area contributed by atoms with Gasteiger partial charge in [-0.2, -0.15) is 0 Å². The summed E-state index contributed by atoms with van der Waals surface area (Å²) in [6.07, 6.45) is 1.21. The van der Waals surface area contributed by atoms with Crippen molar-refractivity contribution in [2.75, 3.05) is 27.2 Å². The molecule has 2 unspecified atom stereocenters. The highest BCUT2D eigenvalue weighted by Gasteiger charge is 2.26. The van der Waals surface area contributed by atoms with Gasteiger partial charge in [0.1, 0.15) is 0 Å². The van der Waals surface area contributed by atoms with E-state index in [0.717, 1.165) is 23.1 Å². The minimum atomic E-state index is 0.926. The number of rotatable bonds is 0. The van der Waals surface area contributed by atoms with Crippen LogP contribution in [0.1, 0.15) is 6.42 Å². The lowest BCUT2D eigenvalue weighted by Crippen LogP contribution is -3.18. The second kappa shape index (κ2) is 3.67. The lowest BCUT2D eigenvalue weighted by molar-refractivity contribution is -0.778. The second-order valence-corrected chi connectivity index (χ2v) is 3.89. The highest BCUT2D eigenvalue weighted by molar-refractivity contribution is 7.88. The monoisotopic (exact) mass is 190 g/mol. The quantitative estimate of drug-likeness (QED) is 0.431. The SMILES string of the molecule is C[NH+]1CCC[NH+](C)C(=S)C1=S. The zero-order valence-electron chi connectivity index (χ0n) is 6.94. The first-order chi connectivity index (χ1) is 5.13. The summed E-state index contributed by atoms with van der Waals surface area (Å²) in [6.45, 7) is 2.24. The molecule has 2 nitrogen and oxygen atoms in total. The van der Waals surface area contributed by atoms with Crippen LogP contribution in [0.25, 0.3) is 0 Å². The molecule has 11 heavy (non-hydrogen) atoms. The van der Waals surface area contributed by atoms with E-state index in [1.165, 1.54) is 16.2 Å². The van der Waals surface area contributed by atoms with E-state index in [4.69, 9.17) is 24.4 Å². The summed E-state index contributed by atoms with van der Waals surface area (Å²) in [7, 11) is 4.18. The molecule has 2 N–H and O–H groups in total. The molecule has 1 aliphatic rings. The summed E-state index contributed by atoms with van der Waals surface area (Å²) < 4.78 is 0. The Hall–Kier alpha value is 0.100. The Morgan fingerprint density at radius 1 is 1.00 bits per heavy atom. The van der Waals surface area contributed by atoms with E-state index >= 15 is 0 Å². The van der Waals surface area contributed by atoms with Gasteiger partial charge in [0.2, 0.25) is 0 Å². The normalized spacial score (nSPS) is 33.6. The Morgan fingerprint density at radius 2 is 1.36 bits per heavy atom. The van der Waals surface area contributed by atoms with E-state index in [-0.39, 0.29) is 0 Å². The molecule has 1 fully saturated rings. The molecule has 2 atom stereocenters. The molecular weight excluding hydrogens is 176 g/mol. The third kappa shape index (κ3) is 2.02. The fraction of sp³-hybridized carbons (Fsp3) is 0.714. The van der Waals surface area contributed by atoms with Crippen LogP contribution in [0.5, 0.6) is 0 Å². The third-order valence-corrected chi connectivity index (χ3v) is 3.32. The van der Waals surface area contributed by atoms with Gasteiger partial charge in [0.25, 0.3) is 9.98 Å². The number of hydrogen-bond donors (Lipinski definition) is 2. The van der Waals surface area contributed by atoms with Crippen molar-refractivity contribution in [3.63, 3.8) is 0 Å². The van der Waals surface area contributed by atoms with Crippen molar-refractivity contribution < 1.29 is 9.80 Å². The van der Waals surface area contributed by atoms with Gasteiger partial charge in [0, 0.05) is 6.42 Å². The summed E-state index contributed by atoms with van der Waals surface area (Å²) >= 11 is 10.4. The van der Waals surface area contributed by atoms with Crippen molar-refractivity contribution in [3.8, 4) is 0 Å². The Balaban J connectivity index is 2.74. The Morgan fingerprint density at radius 3 is 1.73 bits per heavy atom. The first kappa shape index (κ1) is 9.19. The van der Waals surface area contributed by atoms with Gasteiger partial charge in [-0.05, 0) is 24.4 Å². The van der Waals surface area contributed by atoms with Gasteiger partial charge in [0.05, 0.1) is 27.2 Å². The molecule has 0 aromatic carbocycles. The van der Waals surface area contributed by atoms with Gasteiger partial charge in [0.15, 0.2) is 0 Å². The van der Waals surface area contributed by atoms with Gasteiger partial charge < -0.3 is 0 Å². The van der Waals surface area contributed by atoms with Crippen LogP contribution in [0, 0.1) is 0 Å². The average Bonchev–Trinajstić information content (AvgIpc) is 2.07. The highest BCUT2D eigenvalue weighted by Crippen LogP contribution is 1.75. The predicted octanol–water partition coefficient (Wildman–Crippen LogP) is -1.93. The van der Waals surface area contributed by atoms with Crippen LogP contribution in [0.3, 0.4) is 0 Å². The Bertz CT molecular complexity index is 171. The predicted molar refractivity (Wildman–Crippen MR) is 53.3 cm³/mol. The number of nitrogens with one attached hydrogen (secondary N) is 2. The maximum atomic E-state index is 5.22. The number of thiocarbonyl (C=S) groups is 2. The smallest absolute Gasteiger partial charge is 0.270 e. The van der Waals surface area contributed by atoms with Crippen LogP contribution in [-0.4, -0.2) is 37.2 Å². The van der Waals surface area contributed by atoms with E-state index in [1.807, 2.05) is 0 Å². The maximum absolute atomic E-state index is 5.22. The number of quaternary nitrogens is 2. The zero-order valence-corrected chi connectivity index (χ0v) is 8.57. The molecule has 0 amide bonds. The number of hydrogen-bond acceptors (Lipinski definition) is 2. The van der Waals surface area contributed by atoms with Gasteiger partial charge in [-0.15, -0.1) is 0 Å². The second-order valence-electron chi connectivity index (χ2n) is 3.07. The molecular formula is C7H14N2S2+2. The molecule has 4 heteroatoms. The van der Waals surface area contributed by atoms with Crippen LogP contribution in [0.2, 0.25) is 0 Å². The molecule has 1 heterocycles. The fourth-order valence-corrected chi connectivity index (χ4v) is 1.79. The molecule has 1 rings (SSSR count). The van der Waals surface area contributed by atoms with Crippen LogP contribution in [0.15, 0.2) is 0 Å². The van der Waals surface area contributed by atoms with Crippen LogP contribution >= 0.6 is 24.4 Å². The maximum Gasteiger partial charge on any atom is 0.270 e. The molecule has 0 aromatic rings. The van der Waals surface area contributed by atoms with Crippen molar-refractivity contribution >= 4 is 34.4 Å². The lowest BCUT2D eigenvalue weighted by Gasteiger charge is -2.09. The molecule has 62 valence electrons. The minimum Gasteiger partial charge on any atom is -0.289 e. The van der Waals surface area contributed by atoms with Gasteiger partial charge in [-0.1, -0.05) is 0 Å². The van der Waals surface area contributed by atoms with E-state index in [0.29, 0.717) is 0 Å². The summed E-state index contributed by atoms with van der Waals surface area (Å²) in [5.41, 5.74) is 0. The molecule has 0 saturated carbocycles. The van der Waals surface area contributed by atoms with Crippen molar-refractivity contribution in [1.29, 1.82) is 0 Å². The lowest BCUT2D eigenvalue weighted by atomic mass is 10.4. The summed E-state index contributed by atoms with van der Waals surface area (Å²) in [5.74, 6) is 0. The topological polar surface area (TPSA) is 8.88 Å². The van der Waals surface area contributed by atoms with E-state index < -0.39 is 0 Å². The zero-order chi connectivity index (χ0) is 8.43.